The molecule has 2 unspecified atom stereocenters. The highest BCUT2D eigenvalue weighted by Crippen LogP contribution is 2.30. The second-order valence-electron chi connectivity index (χ2n) is 5.27. The zero-order valence-electron chi connectivity index (χ0n) is 13.2. The fourth-order valence-electron chi connectivity index (χ4n) is 2.52. The van der Waals surface area contributed by atoms with Gasteiger partial charge in [-0.25, -0.2) is 0 Å². The maximum absolute atomic E-state index is 10.2. The highest BCUT2D eigenvalue weighted by Gasteiger charge is 2.23. The number of nitrogens with zero attached hydrogens (tertiary/aromatic N) is 1. The van der Waals surface area contributed by atoms with Crippen LogP contribution >= 0.6 is 0 Å². The SMILES string of the molecule is COCCN(C(C)COC)C(C)c1ccc(C)cc1O. The van der Waals surface area contributed by atoms with Crippen molar-refractivity contribution < 1.29 is 14.6 Å². The maximum Gasteiger partial charge on any atom is 0.120 e. The third kappa shape index (κ3) is 4.47. The number of phenols is 1. The summed E-state index contributed by atoms with van der Waals surface area (Å²) in [4.78, 5) is 2.29. The number of phenolic OH excluding ortho intramolecular Hbond substituents is 1. The van der Waals surface area contributed by atoms with Crippen LogP contribution in [0.2, 0.25) is 0 Å². The predicted octanol–water partition coefficient (Wildman–Crippen LogP) is 2.74. The van der Waals surface area contributed by atoms with E-state index in [0.717, 1.165) is 17.7 Å². The van der Waals surface area contributed by atoms with Crippen molar-refractivity contribution >= 4 is 0 Å². The van der Waals surface area contributed by atoms with Gasteiger partial charge in [0.1, 0.15) is 5.75 Å². The Labute approximate surface area is 122 Å². The van der Waals surface area contributed by atoms with Crippen LogP contribution < -0.4 is 0 Å². The first-order chi connectivity index (χ1) is 9.51. The Kier molecular flexibility index (Phi) is 6.99. The molecule has 0 aliphatic rings. The summed E-state index contributed by atoms with van der Waals surface area (Å²) in [6, 6.07) is 6.19. The van der Waals surface area contributed by atoms with E-state index in [0.29, 0.717) is 19.0 Å². The van der Waals surface area contributed by atoms with Gasteiger partial charge in [-0.1, -0.05) is 12.1 Å². The van der Waals surface area contributed by atoms with E-state index in [-0.39, 0.29) is 12.1 Å². The summed E-state index contributed by atoms with van der Waals surface area (Å²) in [6.45, 7) is 8.32. The molecule has 0 saturated heterocycles. The molecule has 1 rings (SSSR count). The molecule has 4 heteroatoms. The number of hydrogen-bond donors (Lipinski definition) is 1. The van der Waals surface area contributed by atoms with Crippen molar-refractivity contribution in [3.05, 3.63) is 29.3 Å². The van der Waals surface area contributed by atoms with Crippen LogP contribution in [0.5, 0.6) is 5.75 Å². The summed E-state index contributed by atoms with van der Waals surface area (Å²) in [6.07, 6.45) is 0. The fraction of sp³-hybridized carbons (Fsp3) is 0.625. The van der Waals surface area contributed by atoms with Gasteiger partial charge in [0.25, 0.3) is 0 Å². The van der Waals surface area contributed by atoms with E-state index in [4.69, 9.17) is 9.47 Å². The summed E-state index contributed by atoms with van der Waals surface area (Å²) in [5.41, 5.74) is 2.00. The van der Waals surface area contributed by atoms with E-state index < -0.39 is 0 Å². The Bertz CT molecular complexity index is 409. The van der Waals surface area contributed by atoms with Gasteiger partial charge in [-0.2, -0.15) is 0 Å². The Hall–Kier alpha value is -1.10. The Morgan fingerprint density at radius 1 is 1.20 bits per heavy atom. The summed E-state index contributed by atoms with van der Waals surface area (Å²) >= 11 is 0. The molecule has 1 N–H and O–H groups in total. The first-order valence-corrected chi connectivity index (χ1v) is 7.04. The van der Waals surface area contributed by atoms with Gasteiger partial charge >= 0.3 is 0 Å². The number of ether oxygens (including phenoxy) is 2. The Morgan fingerprint density at radius 3 is 2.45 bits per heavy atom. The minimum Gasteiger partial charge on any atom is -0.508 e. The zero-order chi connectivity index (χ0) is 15.1. The van der Waals surface area contributed by atoms with E-state index in [2.05, 4.69) is 18.7 Å². The predicted molar refractivity (Wildman–Crippen MR) is 81.2 cm³/mol. The van der Waals surface area contributed by atoms with Crippen LogP contribution in [0.1, 0.15) is 31.0 Å². The van der Waals surface area contributed by atoms with Crippen molar-refractivity contribution in [1.82, 2.24) is 4.90 Å². The largest absolute Gasteiger partial charge is 0.508 e. The lowest BCUT2D eigenvalue weighted by Gasteiger charge is -2.34. The first kappa shape index (κ1) is 17.0. The van der Waals surface area contributed by atoms with E-state index in [1.165, 1.54) is 0 Å². The van der Waals surface area contributed by atoms with Crippen molar-refractivity contribution in [2.24, 2.45) is 0 Å². The molecule has 0 aliphatic carbocycles. The molecule has 0 aromatic heterocycles. The van der Waals surface area contributed by atoms with Crippen LogP contribution in [0.3, 0.4) is 0 Å². The molecule has 0 aliphatic heterocycles. The van der Waals surface area contributed by atoms with Crippen LogP contribution in [-0.4, -0.2) is 50.0 Å². The third-order valence-corrected chi connectivity index (χ3v) is 3.66. The lowest BCUT2D eigenvalue weighted by atomic mass is 10.0. The smallest absolute Gasteiger partial charge is 0.120 e. The van der Waals surface area contributed by atoms with E-state index in [1.54, 1.807) is 20.3 Å². The van der Waals surface area contributed by atoms with Gasteiger partial charge in [0.05, 0.1) is 13.2 Å². The summed E-state index contributed by atoms with van der Waals surface area (Å²) in [7, 11) is 3.41. The average Bonchev–Trinajstić information content (AvgIpc) is 2.39. The summed E-state index contributed by atoms with van der Waals surface area (Å²) in [5.74, 6) is 0.351. The third-order valence-electron chi connectivity index (χ3n) is 3.66. The topological polar surface area (TPSA) is 41.9 Å². The monoisotopic (exact) mass is 281 g/mol. The zero-order valence-corrected chi connectivity index (χ0v) is 13.2. The second-order valence-corrected chi connectivity index (χ2v) is 5.27. The van der Waals surface area contributed by atoms with Crippen LogP contribution in [0.25, 0.3) is 0 Å². The second kappa shape index (κ2) is 8.25. The minimum absolute atomic E-state index is 0.107. The van der Waals surface area contributed by atoms with Crippen molar-refractivity contribution in [3.63, 3.8) is 0 Å². The molecular weight excluding hydrogens is 254 g/mol. The van der Waals surface area contributed by atoms with Gasteiger partial charge in [0.2, 0.25) is 0 Å². The molecule has 20 heavy (non-hydrogen) atoms. The molecule has 1 aromatic rings. The molecule has 0 radical (unpaired) electrons. The molecule has 0 amide bonds. The van der Waals surface area contributed by atoms with Crippen molar-refractivity contribution in [2.45, 2.75) is 32.9 Å². The number of aromatic hydroxyl groups is 1. The van der Waals surface area contributed by atoms with E-state index in [1.807, 2.05) is 19.1 Å². The molecule has 0 fully saturated rings. The van der Waals surface area contributed by atoms with Gasteiger partial charge < -0.3 is 14.6 Å². The Balaban J connectivity index is 2.93. The van der Waals surface area contributed by atoms with Gasteiger partial charge in [-0.05, 0) is 32.4 Å². The van der Waals surface area contributed by atoms with Crippen LogP contribution in [-0.2, 0) is 9.47 Å². The van der Waals surface area contributed by atoms with Gasteiger partial charge in [0, 0.05) is 38.4 Å². The summed E-state index contributed by atoms with van der Waals surface area (Å²) in [5, 5.41) is 10.2. The molecule has 0 bridgehead atoms. The average molecular weight is 281 g/mol. The lowest BCUT2D eigenvalue weighted by Crippen LogP contribution is -2.40. The van der Waals surface area contributed by atoms with Crippen molar-refractivity contribution in [2.75, 3.05) is 34.0 Å². The molecule has 1 aromatic carbocycles. The van der Waals surface area contributed by atoms with E-state index >= 15 is 0 Å². The van der Waals surface area contributed by atoms with Crippen LogP contribution in [0.15, 0.2) is 18.2 Å². The molecular formula is C16H27NO3. The molecule has 0 saturated carbocycles. The highest BCUT2D eigenvalue weighted by atomic mass is 16.5. The van der Waals surface area contributed by atoms with Crippen LogP contribution in [0, 0.1) is 6.92 Å². The maximum atomic E-state index is 10.2. The normalized spacial score (nSPS) is 14.5. The molecule has 0 heterocycles. The number of benzene rings is 1. The summed E-state index contributed by atoms with van der Waals surface area (Å²) < 4.78 is 10.4. The molecule has 2 atom stereocenters. The fourth-order valence-corrected chi connectivity index (χ4v) is 2.52. The lowest BCUT2D eigenvalue weighted by molar-refractivity contribution is 0.0508. The standard InChI is InChI=1S/C16H27NO3/c1-12-6-7-15(16(18)10-12)14(3)17(8-9-19-4)13(2)11-20-5/h6-7,10,13-14,18H,8-9,11H2,1-5H3. The van der Waals surface area contributed by atoms with E-state index in [9.17, 15) is 5.11 Å². The van der Waals surface area contributed by atoms with Gasteiger partial charge in [-0.15, -0.1) is 0 Å². The highest BCUT2D eigenvalue weighted by molar-refractivity contribution is 5.37. The first-order valence-electron chi connectivity index (χ1n) is 7.04. The Morgan fingerprint density at radius 2 is 1.90 bits per heavy atom. The van der Waals surface area contributed by atoms with Gasteiger partial charge in [-0.3, -0.25) is 4.90 Å². The quantitative estimate of drug-likeness (QED) is 0.795. The molecule has 0 spiro atoms. The van der Waals surface area contributed by atoms with Crippen molar-refractivity contribution in [1.29, 1.82) is 0 Å². The van der Waals surface area contributed by atoms with Crippen molar-refractivity contribution in [3.8, 4) is 5.75 Å². The number of methoxy groups -OCH3 is 2. The number of rotatable bonds is 8. The molecule has 4 nitrogen and oxygen atoms in total. The van der Waals surface area contributed by atoms with Gasteiger partial charge in [0.15, 0.2) is 0 Å². The molecule has 114 valence electrons. The number of hydrogen-bond acceptors (Lipinski definition) is 4. The van der Waals surface area contributed by atoms with Crippen LogP contribution in [0.4, 0.5) is 0 Å². The number of aryl methyl sites for hydroxylation is 1. The minimum atomic E-state index is 0.107.